The molecule has 0 N–H and O–H groups in total. The smallest absolute Gasteiger partial charge is 0.0923 e. The predicted octanol–water partition coefficient (Wildman–Crippen LogP) is 1.51. The maximum Gasteiger partial charge on any atom is 0.0923 e. The van der Waals surface area contributed by atoms with E-state index in [0.29, 0.717) is 12.0 Å². The minimum Gasteiger partial charge on any atom is -0.335 e. The Bertz CT molecular complexity index is 288. The van der Waals surface area contributed by atoms with Gasteiger partial charge in [0.2, 0.25) is 0 Å². The quantitative estimate of drug-likeness (QED) is 0.673. The first-order chi connectivity index (χ1) is 6.70. The van der Waals surface area contributed by atoms with Gasteiger partial charge in [0.25, 0.3) is 0 Å². The topological polar surface area (TPSA) is 69.8 Å². The molecule has 6 heteroatoms. The van der Waals surface area contributed by atoms with Crippen LogP contribution >= 0.6 is 7.14 Å². The molecule has 0 spiro atoms. The van der Waals surface area contributed by atoms with Gasteiger partial charge in [-0.15, -0.1) is 0 Å². The molecule has 0 radical (unpaired) electrons. The summed E-state index contributed by atoms with van der Waals surface area (Å²) in [7, 11) is -2.11. The number of hydrogen-bond donors (Lipinski definition) is 0. The molecule has 0 saturated heterocycles. The van der Waals surface area contributed by atoms with Crippen molar-refractivity contribution in [3.63, 3.8) is 0 Å². The lowest BCUT2D eigenvalue weighted by Gasteiger charge is -2.16. The van der Waals surface area contributed by atoms with Crippen LogP contribution in [0.25, 0.3) is 0 Å². The van der Waals surface area contributed by atoms with Crippen molar-refractivity contribution in [2.24, 2.45) is 0 Å². The molecule has 0 unspecified atom stereocenters. The monoisotopic (exact) mass is 215 g/mol. The van der Waals surface area contributed by atoms with Crippen LogP contribution < -0.4 is 5.10 Å². The molecule has 0 saturated carbocycles. The van der Waals surface area contributed by atoms with Crippen molar-refractivity contribution in [3.05, 3.63) is 5.82 Å². The first-order valence-electron chi connectivity index (χ1n) is 4.95. The van der Waals surface area contributed by atoms with E-state index in [9.17, 15) is 4.57 Å². The van der Waals surface area contributed by atoms with E-state index >= 15 is 0 Å². The van der Waals surface area contributed by atoms with Gasteiger partial charge >= 0.3 is 0 Å². The van der Waals surface area contributed by atoms with Gasteiger partial charge in [0.05, 0.1) is 7.14 Å². The lowest BCUT2D eigenvalue weighted by Crippen LogP contribution is -2.00. The van der Waals surface area contributed by atoms with Gasteiger partial charge in [-0.2, -0.15) is 5.21 Å². The van der Waals surface area contributed by atoms with Gasteiger partial charge in [-0.1, -0.05) is 13.8 Å². The molecule has 0 aliphatic heterocycles. The Kier molecular flexibility index (Phi) is 4.26. The summed E-state index contributed by atoms with van der Waals surface area (Å²) >= 11 is 0. The second-order valence-electron chi connectivity index (χ2n) is 3.46. The van der Waals surface area contributed by atoms with Gasteiger partial charge in [-0.3, -0.25) is 10.3 Å². The molecule has 1 rings (SSSR count). The van der Waals surface area contributed by atoms with E-state index < -0.39 is 7.14 Å². The second kappa shape index (κ2) is 5.25. The lowest BCUT2D eigenvalue weighted by molar-refractivity contribution is 0.570. The molecule has 5 nitrogen and oxygen atoms in total. The van der Waals surface area contributed by atoms with Crippen LogP contribution in [0.15, 0.2) is 0 Å². The van der Waals surface area contributed by atoms with Crippen molar-refractivity contribution < 1.29 is 4.57 Å². The Balaban J connectivity index is 2.64. The Hall–Kier alpha value is -0.700. The molecule has 1 aromatic heterocycles. The van der Waals surface area contributed by atoms with Crippen molar-refractivity contribution in [1.82, 2.24) is 20.6 Å². The minimum absolute atomic E-state index is 0.460. The highest BCUT2D eigenvalue weighted by Gasteiger charge is 2.19. The van der Waals surface area contributed by atoms with Crippen LogP contribution in [0.3, 0.4) is 0 Å². The molecule has 14 heavy (non-hydrogen) atoms. The van der Waals surface area contributed by atoms with Crippen molar-refractivity contribution in [2.75, 3.05) is 12.3 Å². The maximum atomic E-state index is 12.3. The highest BCUT2D eigenvalue weighted by Crippen LogP contribution is 2.49. The number of hydrogen-bond acceptors (Lipinski definition) is 4. The predicted molar refractivity (Wildman–Crippen MR) is 54.8 cm³/mol. The summed E-state index contributed by atoms with van der Waals surface area (Å²) < 4.78 is 12.3. The van der Waals surface area contributed by atoms with E-state index in [1.54, 1.807) is 0 Å². The van der Waals surface area contributed by atoms with Crippen LogP contribution in [0.5, 0.6) is 0 Å². The second-order valence-corrected chi connectivity index (χ2v) is 6.79. The third-order valence-corrected chi connectivity index (χ3v) is 5.44. The fourth-order valence-corrected chi connectivity index (χ4v) is 4.38. The van der Waals surface area contributed by atoms with Crippen LogP contribution in [0.2, 0.25) is 0 Å². The van der Waals surface area contributed by atoms with Crippen LogP contribution in [0, 0.1) is 0 Å². The molecular formula is C8H16N4OP-. The number of aromatic nitrogens is 4. The summed E-state index contributed by atoms with van der Waals surface area (Å²) in [5.41, 5.74) is 0. The highest BCUT2D eigenvalue weighted by atomic mass is 31.2. The summed E-state index contributed by atoms with van der Waals surface area (Å²) in [5, 5.41) is 14.2. The standard InChI is InChI=1S/C8H16N4OP/c1-3-5-14(13,6-4-2)7-8-9-11-12-10-8/h3-7H2,1-2H3/q-1. The van der Waals surface area contributed by atoms with Crippen molar-refractivity contribution >= 4 is 7.14 Å². The molecule has 0 aliphatic carbocycles. The Labute approximate surface area is 84.0 Å². The molecule has 1 heterocycles. The van der Waals surface area contributed by atoms with Gasteiger partial charge in [0.15, 0.2) is 0 Å². The van der Waals surface area contributed by atoms with Gasteiger partial charge in [-0.25, -0.2) is 0 Å². The zero-order valence-electron chi connectivity index (χ0n) is 8.68. The Morgan fingerprint density at radius 1 is 1.29 bits per heavy atom. The Morgan fingerprint density at radius 3 is 2.36 bits per heavy atom. The van der Waals surface area contributed by atoms with E-state index in [1.165, 1.54) is 0 Å². The zero-order valence-corrected chi connectivity index (χ0v) is 9.57. The Morgan fingerprint density at radius 2 is 1.93 bits per heavy atom. The number of tetrazole rings is 1. The molecule has 0 aromatic carbocycles. The SMILES string of the molecule is CCCP(=O)(CCC)Cc1nnn[n-]1. The molecule has 0 bridgehead atoms. The largest absolute Gasteiger partial charge is 0.335 e. The summed E-state index contributed by atoms with van der Waals surface area (Å²) in [6.07, 6.45) is 3.89. The fourth-order valence-electron chi connectivity index (χ4n) is 1.57. The average Bonchev–Trinajstić information content (AvgIpc) is 2.57. The number of rotatable bonds is 6. The third kappa shape index (κ3) is 3.22. The van der Waals surface area contributed by atoms with Gasteiger partial charge in [0.1, 0.15) is 0 Å². The van der Waals surface area contributed by atoms with E-state index in [-0.39, 0.29) is 0 Å². The molecular weight excluding hydrogens is 199 g/mol. The number of nitrogens with zero attached hydrogens (tertiary/aromatic N) is 4. The highest BCUT2D eigenvalue weighted by molar-refractivity contribution is 7.63. The average molecular weight is 215 g/mol. The van der Waals surface area contributed by atoms with Gasteiger partial charge in [-0.05, 0) is 12.8 Å². The van der Waals surface area contributed by atoms with E-state index in [2.05, 4.69) is 20.6 Å². The van der Waals surface area contributed by atoms with E-state index in [4.69, 9.17) is 0 Å². The molecule has 0 atom stereocenters. The minimum atomic E-state index is -2.11. The molecule has 80 valence electrons. The summed E-state index contributed by atoms with van der Waals surface area (Å²) in [4.78, 5) is 0. The van der Waals surface area contributed by atoms with E-state index in [1.807, 2.05) is 13.8 Å². The molecule has 0 fully saturated rings. The van der Waals surface area contributed by atoms with Crippen molar-refractivity contribution in [3.8, 4) is 0 Å². The summed E-state index contributed by atoms with van der Waals surface area (Å²) in [6.45, 7) is 4.09. The zero-order chi connectivity index (χ0) is 10.4. The molecule has 0 amide bonds. The molecule has 1 aromatic rings. The van der Waals surface area contributed by atoms with Crippen molar-refractivity contribution in [2.45, 2.75) is 32.9 Å². The fraction of sp³-hybridized carbons (Fsp3) is 0.875. The van der Waals surface area contributed by atoms with Crippen LogP contribution in [-0.4, -0.2) is 27.8 Å². The lowest BCUT2D eigenvalue weighted by atomic mass is 10.6. The van der Waals surface area contributed by atoms with Crippen molar-refractivity contribution in [1.29, 1.82) is 0 Å². The van der Waals surface area contributed by atoms with Gasteiger partial charge in [0, 0.05) is 24.3 Å². The van der Waals surface area contributed by atoms with Crippen LogP contribution in [0.1, 0.15) is 32.5 Å². The van der Waals surface area contributed by atoms with Gasteiger partial charge < -0.3 is 9.66 Å². The summed E-state index contributed by atoms with van der Waals surface area (Å²) in [6, 6.07) is 0. The molecule has 0 aliphatic rings. The normalized spacial score (nSPS) is 11.9. The first kappa shape index (κ1) is 11.4. The van der Waals surface area contributed by atoms with Crippen LogP contribution in [-0.2, 0) is 10.7 Å². The maximum absolute atomic E-state index is 12.3. The summed E-state index contributed by atoms with van der Waals surface area (Å²) in [5.74, 6) is 0.523. The van der Waals surface area contributed by atoms with E-state index in [0.717, 1.165) is 25.2 Å². The van der Waals surface area contributed by atoms with Crippen LogP contribution in [0.4, 0.5) is 0 Å². The first-order valence-corrected chi connectivity index (χ1v) is 7.21. The third-order valence-electron chi connectivity index (χ3n) is 2.05.